The minimum atomic E-state index is -0.303. The second-order valence-corrected chi connectivity index (χ2v) is 9.21. The van der Waals surface area contributed by atoms with Gasteiger partial charge in [0.05, 0.1) is 5.39 Å². The molecule has 0 unspecified atom stereocenters. The summed E-state index contributed by atoms with van der Waals surface area (Å²) in [6, 6.07) is 15.2. The highest BCUT2D eigenvalue weighted by atomic mass is 79.9. The van der Waals surface area contributed by atoms with Crippen LogP contribution in [0.15, 0.2) is 57.8 Å². The molecule has 1 heterocycles. The highest BCUT2D eigenvalue weighted by molar-refractivity contribution is 9.10. The van der Waals surface area contributed by atoms with Crippen LogP contribution in [-0.2, 0) is 4.79 Å². The van der Waals surface area contributed by atoms with Gasteiger partial charge in [-0.1, -0.05) is 52.7 Å². The van der Waals surface area contributed by atoms with E-state index in [1.54, 1.807) is 6.07 Å². The van der Waals surface area contributed by atoms with Crippen LogP contribution in [-0.4, -0.2) is 15.8 Å². The Labute approximate surface area is 177 Å². The van der Waals surface area contributed by atoms with Crippen molar-refractivity contribution in [2.75, 3.05) is 5.43 Å². The van der Waals surface area contributed by atoms with E-state index in [0.29, 0.717) is 29.3 Å². The summed E-state index contributed by atoms with van der Waals surface area (Å²) in [5.74, 6) is 1.78. The molecule has 3 aromatic rings. The first kappa shape index (κ1) is 18.6. The zero-order valence-corrected chi connectivity index (χ0v) is 17.6. The number of fused-ring (bicyclic) bond motifs is 3. The lowest BCUT2D eigenvalue weighted by atomic mass is 9.86. The molecule has 2 bridgehead atoms. The molecule has 2 fully saturated rings. The maximum atomic E-state index is 12.9. The van der Waals surface area contributed by atoms with Gasteiger partial charge in [0.25, 0.3) is 5.56 Å². The second kappa shape index (κ2) is 7.41. The molecule has 0 saturated heterocycles. The van der Waals surface area contributed by atoms with Gasteiger partial charge >= 0.3 is 0 Å². The minimum absolute atomic E-state index is 0.130. The van der Waals surface area contributed by atoms with Gasteiger partial charge in [0.15, 0.2) is 0 Å². The number of carbonyl (C=O) groups is 1. The number of amides is 1. The Balaban J connectivity index is 1.48. The van der Waals surface area contributed by atoms with Crippen LogP contribution in [0.1, 0.15) is 32.1 Å². The normalized spacial score (nSPS) is 22.9. The molecule has 0 radical (unpaired) electrons. The van der Waals surface area contributed by atoms with Crippen LogP contribution < -0.4 is 11.0 Å². The Morgan fingerprint density at radius 2 is 1.83 bits per heavy atom. The monoisotopic (exact) mass is 451 g/mol. The quantitative estimate of drug-likeness (QED) is 0.623. The van der Waals surface area contributed by atoms with Gasteiger partial charge in [0.1, 0.15) is 5.69 Å². The highest BCUT2D eigenvalue weighted by Crippen LogP contribution is 2.49. The largest absolute Gasteiger partial charge is 0.294 e. The molecule has 3 atom stereocenters. The molecule has 148 valence electrons. The molecule has 5 nitrogen and oxygen atoms in total. The number of aromatic nitrogens is 2. The zero-order chi connectivity index (χ0) is 20.0. The molecule has 1 N–H and O–H groups in total. The Bertz CT molecular complexity index is 1140. The fraction of sp³-hybridized carbons (Fsp3) is 0.348. The number of hydrogen-bond acceptors (Lipinski definition) is 3. The van der Waals surface area contributed by atoms with E-state index in [4.69, 9.17) is 0 Å². The molecule has 2 aliphatic rings. The summed E-state index contributed by atoms with van der Waals surface area (Å²) >= 11 is 3.45. The van der Waals surface area contributed by atoms with Crippen LogP contribution in [0.4, 0.5) is 0 Å². The average molecular weight is 452 g/mol. The summed E-state index contributed by atoms with van der Waals surface area (Å²) in [6.07, 6.45) is 5.42. The fourth-order valence-electron chi connectivity index (χ4n) is 5.11. The van der Waals surface area contributed by atoms with Crippen LogP contribution in [0.2, 0.25) is 0 Å². The van der Waals surface area contributed by atoms with Crippen molar-refractivity contribution >= 4 is 32.6 Å². The third kappa shape index (κ3) is 3.50. The van der Waals surface area contributed by atoms with E-state index in [2.05, 4.69) is 26.5 Å². The third-order valence-electron chi connectivity index (χ3n) is 6.49. The minimum Gasteiger partial charge on any atom is -0.273 e. The van der Waals surface area contributed by atoms with E-state index in [1.165, 1.54) is 19.3 Å². The van der Waals surface area contributed by atoms with E-state index in [1.807, 2.05) is 42.5 Å². The fourth-order valence-corrected chi connectivity index (χ4v) is 5.38. The molecule has 1 aromatic heterocycles. The van der Waals surface area contributed by atoms with Gasteiger partial charge in [-0.05, 0) is 55.2 Å². The lowest BCUT2D eigenvalue weighted by Gasteiger charge is -2.21. The van der Waals surface area contributed by atoms with Crippen molar-refractivity contribution in [3.8, 4) is 11.3 Å². The molecule has 1 amide bonds. The molecule has 2 saturated carbocycles. The lowest BCUT2D eigenvalue weighted by molar-refractivity contribution is -0.118. The van der Waals surface area contributed by atoms with Crippen LogP contribution in [0.5, 0.6) is 0 Å². The first-order valence-corrected chi connectivity index (χ1v) is 11.0. The molecule has 6 heteroatoms. The Kier molecular flexibility index (Phi) is 4.74. The molecule has 0 spiro atoms. The summed E-state index contributed by atoms with van der Waals surface area (Å²) in [6.45, 7) is 0. The summed E-state index contributed by atoms with van der Waals surface area (Å²) in [5, 5.41) is 5.84. The molecule has 2 aliphatic carbocycles. The van der Waals surface area contributed by atoms with E-state index in [0.717, 1.165) is 32.6 Å². The van der Waals surface area contributed by atoms with E-state index in [9.17, 15) is 9.59 Å². The first-order chi connectivity index (χ1) is 14.1. The van der Waals surface area contributed by atoms with Crippen LogP contribution in [0.3, 0.4) is 0 Å². The number of rotatable bonds is 4. The van der Waals surface area contributed by atoms with E-state index >= 15 is 0 Å². The lowest BCUT2D eigenvalue weighted by Crippen LogP contribution is -2.36. The van der Waals surface area contributed by atoms with Gasteiger partial charge in [-0.3, -0.25) is 9.59 Å². The number of nitrogens with one attached hydrogen (secondary N) is 1. The van der Waals surface area contributed by atoms with Gasteiger partial charge < -0.3 is 0 Å². The summed E-state index contributed by atoms with van der Waals surface area (Å²) in [4.78, 5) is 26.8. The zero-order valence-electron chi connectivity index (χ0n) is 16.0. The van der Waals surface area contributed by atoms with Crippen molar-refractivity contribution < 1.29 is 4.79 Å². The van der Waals surface area contributed by atoms with E-state index in [-0.39, 0.29) is 11.5 Å². The van der Waals surface area contributed by atoms with Crippen molar-refractivity contribution in [3.63, 3.8) is 0 Å². The predicted octanol–water partition coefficient (Wildman–Crippen LogP) is 4.72. The van der Waals surface area contributed by atoms with Gasteiger partial charge in [-0.2, -0.15) is 0 Å². The smallest absolute Gasteiger partial charge is 0.273 e. The molecule has 29 heavy (non-hydrogen) atoms. The average Bonchev–Trinajstić information content (AvgIpc) is 3.34. The van der Waals surface area contributed by atoms with Crippen LogP contribution in [0, 0.1) is 17.8 Å². The Morgan fingerprint density at radius 1 is 1.07 bits per heavy atom. The van der Waals surface area contributed by atoms with Gasteiger partial charge in [0.2, 0.25) is 5.91 Å². The summed E-state index contributed by atoms with van der Waals surface area (Å²) in [7, 11) is 0. The van der Waals surface area contributed by atoms with Crippen molar-refractivity contribution in [2.24, 2.45) is 17.8 Å². The topological polar surface area (TPSA) is 64.0 Å². The van der Waals surface area contributed by atoms with Crippen molar-refractivity contribution in [3.05, 3.63) is 63.4 Å². The molecule has 5 rings (SSSR count). The molecular weight excluding hydrogens is 430 g/mol. The van der Waals surface area contributed by atoms with Crippen molar-refractivity contribution in [1.82, 2.24) is 9.89 Å². The van der Waals surface area contributed by atoms with Crippen LogP contribution in [0.25, 0.3) is 22.0 Å². The molecule has 2 aromatic carbocycles. The third-order valence-corrected chi connectivity index (χ3v) is 7.01. The highest BCUT2D eigenvalue weighted by Gasteiger charge is 2.40. The predicted molar refractivity (Wildman–Crippen MR) is 117 cm³/mol. The Morgan fingerprint density at radius 3 is 2.52 bits per heavy atom. The maximum absolute atomic E-state index is 12.9. The number of hydrogen-bond donors (Lipinski definition) is 1. The van der Waals surface area contributed by atoms with Crippen LogP contribution >= 0.6 is 15.9 Å². The number of carbonyl (C=O) groups excluding carboxylic acids is 1. The van der Waals surface area contributed by atoms with Gasteiger partial charge in [-0.15, -0.1) is 9.89 Å². The molecular formula is C23H22BrN3O2. The van der Waals surface area contributed by atoms with Crippen molar-refractivity contribution in [2.45, 2.75) is 32.1 Å². The Hall–Kier alpha value is -2.47. The van der Waals surface area contributed by atoms with Crippen molar-refractivity contribution in [1.29, 1.82) is 0 Å². The number of halogens is 1. The summed E-state index contributed by atoms with van der Waals surface area (Å²) in [5.41, 5.74) is 4.02. The number of benzene rings is 2. The van der Waals surface area contributed by atoms with Gasteiger partial charge in [0, 0.05) is 21.8 Å². The summed E-state index contributed by atoms with van der Waals surface area (Å²) < 4.78 is 0.970. The van der Waals surface area contributed by atoms with E-state index < -0.39 is 0 Å². The standard InChI is InChI=1S/C23H22BrN3O2/c24-18-9-7-15(8-10-18)22-19-3-1-2-4-20(19)23(29)27(26-22)25-21(28)13-17-12-14-5-6-16(17)11-14/h1-4,7-10,14,16-17H,5-6,11-13H2,(H,25,28)/t14-,16+,17-/m1/s1. The second-order valence-electron chi connectivity index (χ2n) is 8.29. The number of nitrogens with zero attached hydrogens (tertiary/aromatic N) is 2. The first-order valence-electron chi connectivity index (χ1n) is 10.2. The maximum Gasteiger partial charge on any atom is 0.294 e. The van der Waals surface area contributed by atoms with Gasteiger partial charge in [-0.25, -0.2) is 5.43 Å². The SMILES string of the molecule is O=C(C[C@H]1C[C@@H]2CC[C@H]1C2)Nn1nc(-c2ccc(Br)cc2)c2ccccc2c1=O. The molecule has 0 aliphatic heterocycles.